The SMILES string of the molecule is CC(C)(C)CCCC[N+](C)(C)C. The van der Waals surface area contributed by atoms with Crippen molar-refractivity contribution in [2.45, 2.75) is 40.0 Å². The zero-order valence-electron chi connectivity index (χ0n) is 9.78. The van der Waals surface area contributed by atoms with Crippen LogP contribution in [0.1, 0.15) is 40.0 Å². The van der Waals surface area contributed by atoms with Crippen molar-refractivity contribution in [3.8, 4) is 0 Å². The molecule has 0 rings (SSSR count). The van der Waals surface area contributed by atoms with E-state index in [2.05, 4.69) is 41.9 Å². The minimum atomic E-state index is 0.519. The van der Waals surface area contributed by atoms with E-state index >= 15 is 0 Å². The van der Waals surface area contributed by atoms with E-state index < -0.39 is 0 Å². The lowest BCUT2D eigenvalue weighted by molar-refractivity contribution is -0.870. The molecule has 0 aliphatic heterocycles. The normalized spacial score (nSPS) is 13.5. The van der Waals surface area contributed by atoms with Crippen LogP contribution >= 0.6 is 0 Å². The van der Waals surface area contributed by atoms with E-state index in [0.717, 1.165) is 4.48 Å². The molecule has 0 saturated carbocycles. The van der Waals surface area contributed by atoms with Gasteiger partial charge in [0.2, 0.25) is 0 Å². The molecule has 0 saturated heterocycles. The van der Waals surface area contributed by atoms with Crippen LogP contribution in [0.3, 0.4) is 0 Å². The highest BCUT2D eigenvalue weighted by Gasteiger charge is 2.11. The fourth-order valence-electron chi connectivity index (χ4n) is 1.24. The molecule has 0 fully saturated rings. The summed E-state index contributed by atoms with van der Waals surface area (Å²) in [6.45, 7) is 8.26. The second-order valence-electron chi connectivity index (χ2n) is 6.03. The van der Waals surface area contributed by atoms with Gasteiger partial charge in [0.05, 0.1) is 27.7 Å². The van der Waals surface area contributed by atoms with Gasteiger partial charge in [-0.2, -0.15) is 0 Å². The molecule has 0 heterocycles. The summed E-state index contributed by atoms with van der Waals surface area (Å²) in [6.07, 6.45) is 4.09. The first-order chi connectivity index (χ1) is 5.21. The predicted octanol–water partition coefficient (Wildman–Crippen LogP) is 2.91. The maximum atomic E-state index is 2.32. The summed E-state index contributed by atoms with van der Waals surface area (Å²) >= 11 is 0. The van der Waals surface area contributed by atoms with Gasteiger partial charge in [0.25, 0.3) is 0 Å². The zero-order valence-corrected chi connectivity index (χ0v) is 9.78. The first-order valence-electron chi connectivity index (χ1n) is 5.01. The minimum absolute atomic E-state index is 0.519. The second-order valence-corrected chi connectivity index (χ2v) is 6.03. The maximum Gasteiger partial charge on any atom is 0.0780 e. The second kappa shape index (κ2) is 4.27. The molecule has 1 nitrogen and oxygen atoms in total. The number of unbranched alkanes of at least 4 members (excludes halogenated alkanes) is 1. The molecule has 74 valence electrons. The molecule has 0 atom stereocenters. The quantitative estimate of drug-likeness (QED) is 0.452. The summed E-state index contributed by atoms with van der Waals surface area (Å²) in [5.74, 6) is 0. The van der Waals surface area contributed by atoms with Gasteiger partial charge < -0.3 is 4.48 Å². The van der Waals surface area contributed by atoms with Crippen LogP contribution in [-0.4, -0.2) is 32.2 Å². The maximum absolute atomic E-state index is 2.32. The molecule has 0 amide bonds. The minimum Gasteiger partial charge on any atom is -0.331 e. The summed E-state index contributed by atoms with van der Waals surface area (Å²) in [5.41, 5.74) is 0.519. The lowest BCUT2D eigenvalue weighted by atomic mass is 9.90. The molecule has 1 heteroatoms. The number of hydrogen-bond donors (Lipinski definition) is 0. The molecule has 0 unspecified atom stereocenters. The van der Waals surface area contributed by atoms with E-state index in [9.17, 15) is 0 Å². The van der Waals surface area contributed by atoms with E-state index in [0.29, 0.717) is 5.41 Å². The van der Waals surface area contributed by atoms with Gasteiger partial charge in [0, 0.05) is 0 Å². The van der Waals surface area contributed by atoms with Crippen molar-refractivity contribution in [1.29, 1.82) is 0 Å². The molecular weight excluding hydrogens is 146 g/mol. The Balaban J connectivity index is 3.35. The smallest absolute Gasteiger partial charge is 0.0780 e. The topological polar surface area (TPSA) is 0 Å². The summed E-state index contributed by atoms with van der Waals surface area (Å²) < 4.78 is 1.10. The van der Waals surface area contributed by atoms with Gasteiger partial charge >= 0.3 is 0 Å². The predicted molar refractivity (Wildman–Crippen MR) is 56.2 cm³/mol. The molecule has 0 aromatic heterocycles. The number of nitrogens with zero attached hydrogens (tertiary/aromatic N) is 1. The number of quaternary nitrogens is 1. The molecule has 0 N–H and O–H groups in total. The largest absolute Gasteiger partial charge is 0.331 e. The van der Waals surface area contributed by atoms with E-state index in [-0.39, 0.29) is 0 Å². The Kier molecular flexibility index (Phi) is 4.25. The van der Waals surface area contributed by atoms with Crippen LogP contribution in [0.2, 0.25) is 0 Å². The van der Waals surface area contributed by atoms with Gasteiger partial charge in [-0.25, -0.2) is 0 Å². The molecule has 0 aromatic carbocycles. The molecule has 0 aromatic rings. The fourth-order valence-corrected chi connectivity index (χ4v) is 1.24. The van der Waals surface area contributed by atoms with Gasteiger partial charge in [-0.3, -0.25) is 0 Å². The molecule has 12 heavy (non-hydrogen) atoms. The van der Waals surface area contributed by atoms with Crippen molar-refractivity contribution < 1.29 is 4.48 Å². The summed E-state index contributed by atoms with van der Waals surface area (Å²) in [6, 6.07) is 0. The molecule has 0 radical (unpaired) electrons. The van der Waals surface area contributed by atoms with Gasteiger partial charge in [0.1, 0.15) is 0 Å². The van der Waals surface area contributed by atoms with Crippen LogP contribution in [0.5, 0.6) is 0 Å². The van der Waals surface area contributed by atoms with Crippen LogP contribution in [0.4, 0.5) is 0 Å². The number of rotatable bonds is 4. The first-order valence-corrected chi connectivity index (χ1v) is 5.01. The fraction of sp³-hybridized carbons (Fsp3) is 1.00. The standard InChI is InChI=1S/C11H26N/c1-11(2,3)9-7-8-10-12(4,5)6/h7-10H2,1-6H3/q+1. The highest BCUT2D eigenvalue weighted by molar-refractivity contribution is 4.60. The number of hydrogen-bond acceptors (Lipinski definition) is 0. The van der Waals surface area contributed by atoms with E-state index in [1.54, 1.807) is 0 Å². The Labute approximate surface area is 78.4 Å². The molecule has 0 spiro atoms. The monoisotopic (exact) mass is 172 g/mol. The van der Waals surface area contributed by atoms with Gasteiger partial charge in [-0.15, -0.1) is 0 Å². The van der Waals surface area contributed by atoms with Gasteiger partial charge in [-0.05, 0) is 24.7 Å². The van der Waals surface area contributed by atoms with E-state index in [1.807, 2.05) is 0 Å². The third-order valence-corrected chi connectivity index (χ3v) is 2.01. The first kappa shape index (κ1) is 12.0. The Morgan fingerprint density at radius 2 is 1.42 bits per heavy atom. The molecular formula is C11H26N+. The Morgan fingerprint density at radius 1 is 0.917 bits per heavy atom. The van der Waals surface area contributed by atoms with Crippen molar-refractivity contribution in [3.05, 3.63) is 0 Å². The van der Waals surface area contributed by atoms with Crippen LogP contribution in [-0.2, 0) is 0 Å². The van der Waals surface area contributed by atoms with Crippen molar-refractivity contribution in [2.75, 3.05) is 27.7 Å². The zero-order chi connectivity index (χ0) is 9.83. The van der Waals surface area contributed by atoms with Gasteiger partial charge in [-0.1, -0.05) is 20.8 Å². The van der Waals surface area contributed by atoms with Crippen molar-refractivity contribution in [3.63, 3.8) is 0 Å². The van der Waals surface area contributed by atoms with Crippen LogP contribution in [0.25, 0.3) is 0 Å². The van der Waals surface area contributed by atoms with Crippen molar-refractivity contribution in [2.24, 2.45) is 5.41 Å². The Bertz CT molecular complexity index is 97.9. The van der Waals surface area contributed by atoms with E-state index in [4.69, 9.17) is 0 Å². The molecule has 0 bridgehead atoms. The third kappa shape index (κ3) is 9.96. The van der Waals surface area contributed by atoms with Crippen LogP contribution < -0.4 is 0 Å². The van der Waals surface area contributed by atoms with E-state index in [1.165, 1.54) is 25.8 Å². The van der Waals surface area contributed by atoms with Crippen molar-refractivity contribution >= 4 is 0 Å². The lowest BCUT2D eigenvalue weighted by Gasteiger charge is -2.25. The van der Waals surface area contributed by atoms with Gasteiger partial charge in [0.15, 0.2) is 0 Å². The summed E-state index contributed by atoms with van der Waals surface area (Å²) in [7, 11) is 6.78. The molecule has 0 aliphatic carbocycles. The van der Waals surface area contributed by atoms with Crippen LogP contribution in [0, 0.1) is 5.41 Å². The average molecular weight is 172 g/mol. The average Bonchev–Trinajstić information content (AvgIpc) is 1.76. The van der Waals surface area contributed by atoms with Crippen LogP contribution in [0.15, 0.2) is 0 Å². The van der Waals surface area contributed by atoms with Crippen molar-refractivity contribution in [1.82, 2.24) is 0 Å². The highest BCUT2D eigenvalue weighted by Crippen LogP contribution is 2.21. The molecule has 0 aliphatic rings. The summed E-state index contributed by atoms with van der Waals surface area (Å²) in [4.78, 5) is 0. The highest BCUT2D eigenvalue weighted by atomic mass is 15.3. The Hall–Kier alpha value is -0.0400. The third-order valence-electron chi connectivity index (χ3n) is 2.01. The lowest BCUT2D eigenvalue weighted by Crippen LogP contribution is -2.35. The Morgan fingerprint density at radius 3 is 1.75 bits per heavy atom. The summed E-state index contributed by atoms with van der Waals surface area (Å²) in [5, 5.41) is 0.